The first kappa shape index (κ1) is 18.9. The van der Waals surface area contributed by atoms with E-state index in [0.717, 1.165) is 13.1 Å². The molecule has 8 nitrogen and oxygen atoms in total. The monoisotopic (exact) mass is 349 g/mol. The molecule has 0 saturated carbocycles. The molecule has 0 bridgehead atoms. The number of para-hydroxylation sites is 1. The Morgan fingerprint density at radius 2 is 1.84 bits per heavy atom. The Bertz CT molecular complexity index is 641. The summed E-state index contributed by atoms with van der Waals surface area (Å²) in [5.74, 6) is -2.05. The van der Waals surface area contributed by atoms with Crippen molar-refractivity contribution in [3.05, 3.63) is 29.8 Å². The molecular formula is C17H23N3O5. The Morgan fingerprint density at radius 3 is 2.44 bits per heavy atom. The largest absolute Gasteiger partial charge is 0.480 e. The first-order valence-corrected chi connectivity index (χ1v) is 8.05. The van der Waals surface area contributed by atoms with Gasteiger partial charge in [0.25, 0.3) is 0 Å². The van der Waals surface area contributed by atoms with Crippen LogP contribution in [0.3, 0.4) is 0 Å². The van der Waals surface area contributed by atoms with Crippen LogP contribution in [0.4, 0.5) is 5.69 Å². The summed E-state index contributed by atoms with van der Waals surface area (Å²) in [5.41, 5.74) is 0.534. The Balaban J connectivity index is 2.05. The Morgan fingerprint density at radius 1 is 1.20 bits per heavy atom. The molecule has 25 heavy (non-hydrogen) atoms. The van der Waals surface area contributed by atoms with Crippen LogP contribution in [0.15, 0.2) is 24.3 Å². The molecule has 1 aliphatic heterocycles. The van der Waals surface area contributed by atoms with Gasteiger partial charge < -0.3 is 20.1 Å². The number of aliphatic carboxylic acids is 1. The van der Waals surface area contributed by atoms with Crippen molar-refractivity contribution in [3.63, 3.8) is 0 Å². The van der Waals surface area contributed by atoms with Crippen molar-refractivity contribution < 1.29 is 24.2 Å². The lowest BCUT2D eigenvalue weighted by Crippen LogP contribution is -2.52. The van der Waals surface area contributed by atoms with Crippen LogP contribution < -0.4 is 5.32 Å². The number of nitrogens with one attached hydrogen (secondary N) is 1. The van der Waals surface area contributed by atoms with E-state index < -0.39 is 23.9 Å². The predicted octanol–water partition coefficient (Wildman–Crippen LogP) is 0.502. The van der Waals surface area contributed by atoms with Gasteiger partial charge in [-0.25, -0.2) is 4.79 Å². The number of nitrogens with zero attached hydrogens (tertiary/aromatic N) is 2. The summed E-state index contributed by atoms with van der Waals surface area (Å²) >= 11 is 0. The number of hydrogen-bond acceptors (Lipinski definition) is 6. The molecule has 1 amide bonds. The van der Waals surface area contributed by atoms with E-state index in [1.54, 1.807) is 23.1 Å². The third-order valence-electron chi connectivity index (χ3n) is 4.25. The molecule has 1 aromatic carbocycles. The van der Waals surface area contributed by atoms with Gasteiger partial charge in [-0.1, -0.05) is 12.1 Å². The van der Waals surface area contributed by atoms with E-state index in [1.165, 1.54) is 13.2 Å². The van der Waals surface area contributed by atoms with Crippen molar-refractivity contribution in [1.82, 2.24) is 9.80 Å². The number of ether oxygens (including phenoxy) is 1. The normalized spacial score (nSPS) is 16.9. The molecule has 0 radical (unpaired) electrons. The summed E-state index contributed by atoms with van der Waals surface area (Å²) in [4.78, 5) is 39.6. The van der Waals surface area contributed by atoms with Gasteiger partial charge in [-0.2, -0.15) is 0 Å². The van der Waals surface area contributed by atoms with E-state index in [-0.39, 0.29) is 12.0 Å². The lowest BCUT2D eigenvalue weighted by Gasteiger charge is -2.35. The van der Waals surface area contributed by atoms with E-state index in [2.05, 4.69) is 15.0 Å². The minimum Gasteiger partial charge on any atom is -0.480 e. The lowest BCUT2D eigenvalue weighted by molar-refractivity contribution is -0.145. The summed E-state index contributed by atoms with van der Waals surface area (Å²) in [6, 6.07) is 5.56. The van der Waals surface area contributed by atoms with Crippen molar-refractivity contribution in [2.24, 2.45) is 0 Å². The van der Waals surface area contributed by atoms with Gasteiger partial charge in [-0.05, 0) is 19.2 Å². The number of carbonyl (C=O) groups is 3. The molecule has 136 valence electrons. The summed E-state index contributed by atoms with van der Waals surface area (Å²) in [6.07, 6.45) is -0.186. The number of amides is 1. The van der Waals surface area contributed by atoms with Crippen molar-refractivity contribution in [2.45, 2.75) is 12.5 Å². The first-order valence-electron chi connectivity index (χ1n) is 8.05. The molecule has 1 aromatic rings. The highest BCUT2D eigenvalue weighted by atomic mass is 16.5. The Hall–Kier alpha value is -2.45. The van der Waals surface area contributed by atoms with Crippen molar-refractivity contribution in [2.75, 3.05) is 45.7 Å². The third-order valence-corrected chi connectivity index (χ3v) is 4.25. The second kappa shape index (κ2) is 8.59. The zero-order chi connectivity index (χ0) is 18.4. The van der Waals surface area contributed by atoms with Crippen molar-refractivity contribution >= 4 is 23.5 Å². The number of methoxy groups -OCH3 is 1. The number of anilines is 1. The fourth-order valence-electron chi connectivity index (χ4n) is 2.76. The molecule has 1 atom stereocenters. The fourth-order valence-corrected chi connectivity index (χ4v) is 2.76. The van der Waals surface area contributed by atoms with Gasteiger partial charge in [0.1, 0.15) is 6.04 Å². The fraction of sp³-hybridized carbons (Fsp3) is 0.471. The van der Waals surface area contributed by atoms with E-state index in [4.69, 9.17) is 0 Å². The molecule has 1 saturated heterocycles. The number of carbonyl (C=O) groups excluding carboxylic acids is 2. The number of carboxylic acid groups (broad SMARTS) is 1. The molecule has 2 rings (SSSR count). The van der Waals surface area contributed by atoms with Gasteiger partial charge in [-0.3, -0.25) is 14.5 Å². The molecule has 0 unspecified atom stereocenters. The average Bonchev–Trinajstić information content (AvgIpc) is 2.60. The number of carboxylic acids is 1. The molecule has 0 aliphatic carbocycles. The maximum Gasteiger partial charge on any atom is 0.339 e. The maximum absolute atomic E-state index is 12.3. The highest BCUT2D eigenvalue weighted by Crippen LogP contribution is 2.17. The minimum absolute atomic E-state index is 0.186. The molecule has 0 spiro atoms. The van der Waals surface area contributed by atoms with Gasteiger partial charge in [0.15, 0.2) is 0 Å². The number of piperazine rings is 1. The highest BCUT2D eigenvalue weighted by Gasteiger charge is 2.30. The van der Waals surface area contributed by atoms with Crippen LogP contribution in [0.25, 0.3) is 0 Å². The van der Waals surface area contributed by atoms with E-state index in [0.29, 0.717) is 18.8 Å². The van der Waals surface area contributed by atoms with Gasteiger partial charge in [-0.15, -0.1) is 0 Å². The minimum atomic E-state index is -1.03. The first-order chi connectivity index (χ1) is 11.9. The summed E-state index contributed by atoms with van der Waals surface area (Å²) in [7, 11) is 3.23. The molecular weight excluding hydrogens is 326 g/mol. The maximum atomic E-state index is 12.3. The Labute approximate surface area is 146 Å². The molecule has 1 aliphatic rings. The standard InChI is InChI=1S/C17H23N3O5/c1-19-7-9-20(10-8-19)14(16(22)23)11-15(21)18-13-6-4-3-5-12(13)17(24)25-2/h3-6,14H,7-11H2,1-2H3,(H,18,21)(H,22,23)/t14-/m0/s1. The average molecular weight is 349 g/mol. The number of hydrogen-bond donors (Lipinski definition) is 2. The van der Waals surface area contributed by atoms with Gasteiger partial charge in [0.2, 0.25) is 5.91 Å². The quantitative estimate of drug-likeness (QED) is 0.722. The molecule has 2 N–H and O–H groups in total. The summed E-state index contributed by atoms with van der Waals surface area (Å²) in [5, 5.41) is 12.1. The van der Waals surface area contributed by atoms with E-state index >= 15 is 0 Å². The van der Waals surface area contributed by atoms with Crippen LogP contribution in [0.2, 0.25) is 0 Å². The van der Waals surface area contributed by atoms with Crippen molar-refractivity contribution in [3.8, 4) is 0 Å². The zero-order valence-corrected chi connectivity index (χ0v) is 14.4. The number of rotatable bonds is 6. The van der Waals surface area contributed by atoms with Gasteiger partial charge >= 0.3 is 11.9 Å². The smallest absolute Gasteiger partial charge is 0.339 e. The van der Waals surface area contributed by atoms with Gasteiger partial charge in [0, 0.05) is 26.2 Å². The second-order valence-corrected chi connectivity index (χ2v) is 5.98. The lowest BCUT2D eigenvalue weighted by atomic mass is 10.1. The van der Waals surface area contributed by atoms with Crippen LogP contribution in [-0.4, -0.2) is 79.1 Å². The summed E-state index contributed by atoms with van der Waals surface area (Å²) in [6.45, 7) is 2.71. The molecule has 8 heteroatoms. The SMILES string of the molecule is COC(=O)c1ccccc1NC(=O)C[C@@H](C(=O)O)N1CCN(C)CC1. The number of likely N-dealkylation sites (N-methyl/N-ethyl adjacent to an activating group) is 1. The van der Waals surface area contributed by atoms with Crippen LogP contribution in [-0.2, 0) is 14.3 Å². The number of esters is 1. The third kappa shape index (κ3) is 5.01. The number of benzene rings is 1. The highest BCUT2D eigenvalue weighted by molar-refractivity contribution is 6.02. The van der Waals surface area contributed by atoms with Crippen LogP contribution in [0.1, 0.15) is 16.8 Å². The summed E-state index contributed by atoms with van der Waals surface area (Å²) < 4.78 is 4.69. The van der Waals surface area contributed by atoms with E-state index in [1.807, 2.05) is 7.05 Å². The van der Waals surface area contributed by atoms with E-state index in [9.17, 15) is 19.5 Å². The van der Waals surface area contributed by atoms with Crippen LogP contribution >= 0.6 is 0 Å². The van der Waals surface area contributed by atoms with Crippen molar-refractivity contribution in [1.29, 1.82) is 0 Å². The van der Waals surface area contributed by atoms with Crippen LogP contribution in [0.5, 0.6) is 0 Å². The zero-order valence-electron chi connectivity index (χ0n) is 14.4. The second-order valence-electron chi connectivity index (χ2n) is 5.98. The van der Waals surface area contributed by atoms with Gasteiger partial charge in [0.05, 0.1) is 24.8 Å². The predicted molar refractivity (Wildman–Crippen MR) is 91.5 cm³/mol. The topological polar surface area (TPSA) is 99.2 Å². The molecule has 0 aromatic heterocycles. The van der Waals surface area contributed by atoms with Crippen LogP contribution in [0, 0.1) is 0 Å². The Kier molecular flexibility index (Phi) is 6.49. The molecule has 1 fully saturated rings. The molecule has 1 heterocycles.